The highest BCUT2D eigenvalue weighted by Gasteiger charge is 2.40. The van der Waals surface area contributed by atoms with E-state index in [0.29, 0.717) is 39.8 Å². The van der Waals surface area contributed by atoms with Crippen molar-refractivity contribution in [2.24, 2.45) is 5.73 Å². The molecule has 4 nitrogen and oxygen atoms in total. The second kappa shape index (κ2) is 5.10. The molecule has 1 heterocycles. The van der Waals surface area contributed by atoms with Gasteiger partial charge in [-0.25, -0.2) is 0 Å². The molecule has 1 atom stereocenters. The molecule has 21 heavy (non-hydrogen) atoms. The lowest BCUT2D eigenvalue weighted by atomic mass is 9.83. The van der Waals surface area contributed by atoms with Crippen molar-refractivity contribution in [3.05, 3.63) is 56.6 Å². The molecule has 0 saturated heterocycles. The van der Waals surface area contributed by atoms with Crippen molar-refractivity contribution in [1.29, 1.82) is 5.26 Å². The number of benzene rings is 1. The molecule has 1 unspecified atom stereocenters. The Hall–Kier alpha value is -1.96. The van der Waals surface area contributed by atoms with Gasteiger partial charge in [-0.3, -0.25) is 4.79 Å². The molecule has 0 amide bonds. The van der Waals surface area contributed by atoms with Crippen molar-refractivity contribution in [2.45, 2.75) is 18.8 Å². The third-order valence-electron chi connectivity index (χ3n) is 3.65. The molecule has 2 aliphatic rings. The predicted octanol–water partition coefficient (Wildman–Crippen LogP) is 3.42. The van der Waals surface area contributed by atoms with Crippen LogP contribution in [0.3, 0.4) is 0 Å². The minimum atomic E-state index is -0.585. The molecule has 3 rings (SSSR count). The number of Topliss-reactive ketones (excluding diaryl/α,β-unsaturated/α-hetero) is 1. The maximum atomic E-state index is 12.2. The molecule has 0 radical (unpaired) electrons. The first-order chi connectivity index (χ1) is 10.0. The maximum Gasteiger partial charge on any atom is 0.205 e. The maximum absolute atomic E-state index is 12.2. The molecule has 2 N–H and O–H groups in total. The third kappa shape index (κ3) is 2.19. The smallest absolute Gasteiger partial charge is 0.205 e. The lowest BCUT2D eigenvalue weighted by molar-refractivity contribution is -0.115. The highest BCUT2D eigenvalue weighted by molar-refractivity contribution is 6.35. The number of rotatable bonds is 1. The van der Waals surface area contributed by atoms with Crippen LogP contribution in [0.1, 0.15) is 24.3 Å². The van der Waals surface area contributed by atoms with E-state index in [4.69, 9.17) is 33.7 Å². The van der Waals surface area contributed by atoms with Crippen molar-refractivity contribution in [3.63, 3.8) is 0 Å². The molecule has 6 heteroatoms. The van der Waals surface area contributed by atoms with Gasteiger partial charge in [-0.2, -0.15) is 5.26 Å². The first-order valence-corrected chi connectivity index (χ1v) is 7.07. The molecule has 0 saturated carbocycles. The number of nitrogens with zero attached hydrogens (tertiary/aromatic N) is 1. The van der Waals surface area contributed by atoms with Gasteiger partial charge in [0.15, 0.2) is 5.78 Å². The zero-order chi connectivity index (χ0) is 15.1. The minimum Gasteiger partial charge on any atom is -0.444 e. The summed E-state index contributed by atoms with van der Waals surface area (Å²) in [6.07, 6.45) is 0.855. The molecule has 1 aromatic rings. The van der Waals surface area contributed by atoms with Crippen molar-refractivity contribution >= 4 is 29.0 Å². The molecule has 106 valence electrons. The fraction of sp³-hybridized carbons (Fsp3) is 0.200. The normalized spacial score (nSPS) is 21.2. The highest BCUT2D eigenvalue weighted by Crippen LogP contribution is 2.46. The van der Waals surface area contributed by atoms with E-state index in [2.05, 4.69) is 0 Å². The summed E-state index contributed by atoms with van der Waals surface area (Å²) in [6, 6.07) is 6.99. The van der Waals surface area contributed by atoms with Crippen LogP contribution >= 0.6 is 23.2 Å². The molecule has 0 spiro atoms. The quantitative estimate of drug-likeness (QED) is 0.860. The van der Waals surface area contributed by atoms with Crippen LogP contribution in [0.15, 0.2) is 41.0 Å². The lowest BCUT2D eigenvalue weighted by Crippen LogP contribution is -2.21. The van der Waals surface area contributed by atoms with E-state index in [1.54, 1.807) is 18.2 Å². The summed E-state index contributed by atoms with van der Waals surface area (Å²) in [7, 11) is 0. The van der Waals surface area contributed by atoms with Gasteiger partial charge in [0.2, 0.25) is 5.88 Å². The molecule has 1 aromatic carbocycles. The average molecular weight is 321 g/mol. The SMILES string of the molecule is N#CC1=C(N)OC2=C(C(=O)CC2)C1c1ccc(Cl)cc1Cl. The number of nitrogens with two attached hydrogens (primary N) is 1. The van der Waals surface area contributed by atoms with Gasteiger partial charge >= 0.3 is 0 Å². The molecule has 1 aliphatic carbocycles. The van der Waals surface area contributed by atoms with E-state index in [9.17, 15) is 10.1 Å². The molecular formula is C15H10Cl2N2O2. The summed E-state index contributed by atoms with van der Waals surface area (Å²) in [4.78, 5) is 12.2. The number of hydrogen-bond donors (Lipinski definition) is 1. The van der Waals surface area contributed by atoms with E-state index in [1.807, 2.05) is 6.07 Å². The molecule has 0 bridgehead atoms. The summed E-state index contributed by atoms with van der Waals surface area (Å²) < 4.78 is 5.42. The van der Waals surface area contributed by atoms with E-state index >= 15 is 0 Å². The Kier molecular flexibility index (Phi) is 3.40. The number of nitriles is 1. The van der Waals surface area contributed by atoms with Crippen molar-refractivity contribution in [2.75, 3.05) is 0 Å². The second-order valence-corrected chi connectivity index (χ2v) is 5.69. The van der Waals surface area contributed by atoms with Gasteiger partial charge in [-0.15, -0.1) is 0 Å². The third-order valence-corrected chi connectivity index (χ3v) is 4.21. The second-order valence-electron chi connectivity index (χ2n) is 4.85. The van der Waals surface area contributed by atoms with E-state index in [1.165, 1.54) is 0 Å². The van der Waals surface area contributed by atoms with Crippen molar-refractivity contribution in [1.82, 2.24) is 0 Å². The Morgan fingerprint density at radius 1 is 1.33 bits per heavy atom. The lowest BCUT2D eigenvalue weighted by Gasteiger charge is -2.25. The van der Waals surface area contributed by atoms with Crippen LogP contribution in [0.25, 0.3) is 0 Å². The summed E-state index contributed by atoms with van der Waals surface area (Å²) in [6.45, 7) is 0. The average Bonchev–Trinajstić information content (AvgIpc) is 2.79. The summed E-state index contributed by atoms with van der Waals surface area (Å²) >= 11 is 12.1. The number of carbonyl (C=O) groups excluding carboxylic acids is 1. The van der Waals surface area contributed by atoms with Crippen LogP contribution in [0.2, 0.25) is 10.0 Å². The number of hydrogen-bond acceptors (Lipinski definition) is 4. The fourth-order valence-electron chi connectivity index (χ4n) is 2.72. The Morgan fingerprint density at radius 2 is 2.10 bits per heavy atom. The van der Waals surface area contributed by atoms with Crippen LogP contribution in [-0.4, -0.2) is 5.78 Å². The van der Waals surface area contributed by atoms with E-state index < -0.39 is 5.92 Å². The Balaban J connectivity index is 2.22. The van der Waals surface area contributed by atoms with Gasteiger partial charge in [-0.05, 0) is 17.7 Å². The molecule has 0 aromatic heterocycles. The molecule has 0 fully saturated rings. The monoisotopic (exact) mass is 320 g/mol. The summed E-state index contributed by atoms with van der Waals surface area (Å²) in [5.41, 5.74) is 7.13. The fourth-order valence-corrected chi connectivity index (χ4v) is 3.24. The first kappa shape index (κ1) is 14.0. The minimum absolute atomic E-state index is 0.0296. The predicted molar refractivity (Wildman–Crippen MR) is 78.4 cm³/mol. The zero-order valence-electron chi connectivity index (χ0n) is 10.8. The van der Waals surface area contributed by atoms with Gasteiger partial charge in [-0.1, -0.05) is 29.3 Å². The zero-order valence-corrected chi connectivity index (χ0v) is 12.3. The molecule has 1 aliphatic heterocycles. The number of carbonyl (C=O) groups is 1. The number of ether oxygens (including phenoxy) is 1. The highest BCUT2D eigenvalue weighted by atomic mass is 35.5. The van der Waals surface area contributed by atoms with E-state index in [-0.39, 0.29) is 17.2 Å². The number of ketones is 1. The van der Waals surface area contributed by atoms with Crippen LogP contribution < -0.4 is 5.73 Å². The summed E-state index contributed by atoms with van der Waals surface area (Å²) in [5, 5.41) is 10.2. The van der Waals surface area contributed by atoms with Crippen LogP contribution in [0.5, 0.6) is 0 Å². The first-order valence-electron chi connectivity index (χ1n) is 6.31. The van der Waals surface area contributed by atoms with Crippen molar-refractivity contribution < 1.29 is 9.53 Å². The topological polar surface area (TPSA) is 76.1 Å². The van der Waals surface area contributed by atoms with Gasteiger partial charge in [0.25, 0.3) is 0 Å². The Labute approximate surface area is 131 Å². The Morgan fingerprint density at radius 3 is 2.76 bits per heavy atom. The van der Waals surface area contributed by atoms with Gasteiger partial charge in [0.05, 0.1) is 5.92 Å². The Bertz CT molecular complexity index is 759. The van der Waals surface area contributed by atoms with Crippen LogP contribution in [-0.2, 0) is 9.53 Å². The van der Waals surface area contributed by atoms with Crippen LogP contribution in [0.4, 0.5) is 0 Å². The van der Waals surface area contributed by atoms with Crippen molar-refractivity contribution in [3.8, 4) is 6.07 Å². The number of allylic oxidation sites excluding steroid dienone is 3. The van der Waals surface area contributed by atoms with Gasteiger partial charge < -0.3 is 10.5 Å². The van der Waals surface area contributed by atoms with Gasteiger partial charge in [0, 0.05) is 28.5 Å². The summed E-state index contributed by atoms with van der Waals surface area (Å²) in [5.74, 6) is -0.0609. The molecular weight excluding hydrogens is 311 g/mol. The van der Waals surface area contributed by atoms with Crippen LogP contribution in [0, 0.1) is 11.3 Å². The van der Waals surface area contributed by atoms with E-state index in [0.717, 1.165) is 0 Å². The largest absolute Gasteiger partial charge is 0.444 e. The number of halogens is 2. The van der Waals surface area contributed by atoms with Gasteiger partial charge in [0.1, 0.15) is 17.4 Å². The standard InChI is InChI=1S/C15H10Cl2N2O2/c16-7-1-2-8(10(17)5-7)13-9(6-18)15(19)21-12-4-3-11(20)14(12)13/h1-2,5,13H,3-4,19H2.